The van der Waals surface area contributed by atoms with Crippen LogP contribution in [-0.2, 0) is 6.54 Å². The van der Waals surface area contributed by atoms with Crippen molar-refractivity contribution >= 4 is 0 Å². The number of hydrogen-bond donors (Lipinski definition) is 1. The minimum atomic E-state index is 0.240. The van der Waals surface area contributed by atoms with Crippen molar-refractivity contribution in [3.63, 3.8) is 0 Å². The summed E-state index contributed by atoms with van der Waals surface area (Å²) in [4.78, 5) is 2.56. The molecule has 0 amide bonds. The van der Waals surface area contributed by atoms with E-state index in [2.05, 4.69) is 24.8 Å². The average Bonchev–Trinajstić information content (AvgIpc) is 3.08. The zero-order valence-corrected chi connectivity index (χ0v) is 11.7. The van der Waals surface area contributed by atoms with E-state index in [-0.39, 0.29) is 5.41 Å². The highest BCUT2D eigenvalue weighted by atomic mass is 16.3. The van der Waals surface area contributed by atoms with Crippen LogP contribution in [0.4, 0.5) is 0 Å². The monoisotopic (exact) mass is 250 g/mol. The van der Waals surface area contributed by atoms with Crippen molar-refractivity contribution in [1.82, 2.24) is 4.90 Å². The molecule has 2 N–H and O–H groups in total. The number of furan rings is 1. The van der Waals surface area contributed by atoms with E-state index in [0.29, 0.717) is 0 Å². The van der Waals surface area contributed by atoms with E-state index in [1.807, 2.05) is 6.07 Å². The van der Waals surface area contributed by atoms with Crippen molar-refractivity contribution < 1.29 is 4.42 Å². The highest BCUT2D eigenvalue weighted by Crippen LogP contribution is 2.33. The second kappa shape index (κ2) is 5.89. The third-order valence-corrected chi connectivity index (χ3v) is 3.93. The highest BCUT2D eigenvalue weighted by molar-refractivity contribution is 5.00. The maximum atomic E-state index is 5.99. The van der Waals surface area contributed by atoms with E-state index in [4.69, 9.17) is 10.2 Å². The Morgan fingerprint density at radius 1 is 1.50 bits per heavy atom. The summed E-state index contributed by atoms with van der Waals surface area (Å²) in [5, 5.41) is 0. The van der Waals surface area contributed by atoms with Crippen molar-refractivity contribution in [1.29, 1.82) is 0 Å². The Morgan fingerprint density at radius 2 is 2.28 bits per heavy atom. The molecule has 0 radical (unpaired) electrons. The average molecular weight is 250 g/mol. The van der Waals surface area contributed by atoms with Crippen LogP contribution in [0.3, 0.4) is 0 Å². The molecule has 18 heavy (non-hydrogen) atoms. The largest absolute Gasteiger partial charge is 0.468 e. The Hall–Kier alpha value is -0.800. The fourth-order valence-corrected chi connectivity index (χ4v) is 2.70. The normalized spacial score (nSPS) is 19.1. The third kappa shape index (κ3) is 3.59. The predicted octanol–water partition coefficient (Wildman–Crippen LogP) is 3.01. The molecular formula is C15H26N2O. The van der Waals surface area contributed by atoms with Gasteiger partial charge < -0.3 is 10.2 Å². The summed E-state index contributed by atoms with van der Waals surface area (Å²) in [7, 11) is 0. The molecule has 1 aromatic rings. The van der Waals surface area contributed by atoms with E-state index in [1.165, 1.54) is 25.7 Å². The Kier molecular flexibility index (Phi) is 4.46. The molecular weight excluding hydrogens is 224 g/mol. The zero-order chi connectivity index (χ0) is 13.0. The second-order valence-corrected chi connectivity index (χ2v) is 5.98. The molecule has 1 saturated carbocycles. The van der Waals surface area contributed by atoms with Gasteiger partial charge in [0, 0.05) is 12.6 Å². The molecule has 3 nitrogen and oxygen atoms in total. The van der Waals surface area contributed by atoms with Crippen molar-refractivity contribution in [2.45, 2.75) is 52.1 Å². The van der Waals surface area contributed by atoms with E-state index >= 15 is 0 Å². The first-order chi connectivity index (χ1) is 8.67. The molecule has 1 unspecified atom stereocenters. The lowest BCUT2D eigenvalue weighted by molar-refractivity contribution is 0.137. The number of rotatable bonds is 8. The van der Waals surface area contributed by atoms with Gasteiger partial charge in [-0.05, 0) is 43.4 Å². The van der Waals surface area contributed by atoms with Crippen LogP contribution < -0.4 is 5.73 Å². The zero-order valence-electron chi connectivity index (χ0n) is 11.7. The fourth-order valence-electron chi connectivity index (χ4n) is 2.70. The molecule has 0 saturated heterocycles. The number of hydrogen-bond acceptors (Lipinski definition) is 3. The van der Waals surface area contributed by atoms with Gasteiger partial charge >= 0.3 is 0 Å². The van der Waals surface area contributed by atoms with Gasteiger partial charge in [-0.1, -0.05) is 20.3 Å². The third-order valence-electron chi connectivity index (χ3n) is 3.93. The maximum absolute atomic E-state index is 5.99. The predicted molar refractivity (Wildman–Crippen MR) is 74.2 cm³/mol. The topological polar surface area (TPSA) is 42.4 Å². The maximum Gasteiger partial charge on any atom is 0.117 e. The Labute approximate surface area is 110 Å². The van der Waals surface area contributed by atoms with Crippen LogP contribution in [0.5, 0.6) is 0 Å². The van der Waals surface area contributed by atoms with Crippen LogP contribution in [0.2, 0.25) is 0 Å². The van der Waals surface area contributed by atoms with Gasteiger partial charge in [-0.25, -0.2) is 0 Å². The first-order valence-corrected chi connectivity index (χ1v) is 7.13. The SMILES string of the molecule is CCCC(C)(CN)CN(Cc1ccco1)C1CC1. The van der Waals surface area contributed by atoms with Crippen LogP contribution >= 0.6 is 0 Å². The Balaban J connectivity index is 1.97. The van der Waals surface area contributed by atoms with Crippen LogP contribution in [0, 0.1) is 5.41 Å². The summed E-state index contributed by atoms with van der Waals surface area (Å²) >= 11 is 0. The Morgan fingerprint density at radius 3 is 2.78 bits per heavy atom. The summed E-state index contributed by atoms with van der Waals surface area (Å²) in [5.41, 5.74) is 6.23. The summed E-state index contributed by atoms with van der Waals surface area (Å²) in [6.45, 7) is 7.33. The first-order valence-electron chi connectivity index (χ1n) is 7.13. The van der Waals surface area contributed by atoms with Crippen LogP contribution in [0.15, 0.2) is 22.8 Å². The standard InChI is InChI=1S/C15H26N2O/c1-3-8-15(2,11-16)12-17(13-6-7-13)10-14-5-4-9-18-14/h4-5,9,13H,3,6-8,10-12,16H2,1-2H3. The lowest BCUT2D eigenvalue weighted by Gasteiger charge is -2.34. The molecule has 3 heteroatoms. The molecule has 1 fully saturated rings. The van der Waals surface area contributed by atoms with Gasteiger partial charge in [0.25, 0.3) is 0 Å². The molecule has 0 aromatic carbocycles. The molecule has 1 atom stereocenters. The van der Waals surface area contributed by atoms with Gasteiger partial charge in [0.05, 0.1) is 12.8 Å². The lowest BCUT2D eigenvalue weighted by Crippen LogP contribution is -2.41. The second-order valence-electron chi connectivity index (χ2n) is 5.98. The molecule has 0 spiro atoms. The van der Waals surface area contributed by atoms with Crippen molar-refractivity contribution in [3.05, 3.63) is 24.2 Å². The van der Waals surface area contributed by atoms with Crippen LogP contribution in [-0.4, -0.2) is 24.0 Å². The molecule has 2 rings (SSSR count). The van der Waals surface area contributed by atoms with E-state index in [9.17, 15) is 0 Å². The quantitative estimate of drug-likeness (QED) is 0.771. The molecule has 0 aliphatic heterocycles. The van der Waals surface area contributed by atoms with Gasteiger partial charge in [0.15, 0.2) is 0 Å². The molecule has 1 aliphatic carbocycles. The molecule has 1 heterocycles. The van der Waals surface area contributed by atoms with E-state index < -0.39 is 0 Å². The minimum Gasteiger partial charge on any atom is -0.468 e. The highest BCUT2D eigenvalue weighted by Gasteiger charge is 2.34. The van der Waals surface area contributed by atoms with Gasteiger partial charge in [-0.3, -0.25) is 4.90 Å². The van der Waals surface area contributed by atoms with Crippen LogP contribution in [0.25, 0.3) is 0 Å². The number of nitrogens with zero attached hydrogens (tertiary/aromatic N) is 1. The summed E-state index contributed by atoms with van der Waals surface area (Å²) in [5.74, 6) is 1.07. The van der Waals surface area contributed by atoms with Crippen molar-refractivity contribution in [3.8, 4) is 0 Å². The van der Waals surface area contributed by atoms with Gasteiger partial charge in [-0.2, -0.15) is 0 Å². The molecule has 0 bridgehead atoms. The van der Waals surface area contributed by atoms with Crippen molar-refractivity contribution in [2.24, 2.45) is 11.1 Å². The first kappa shape index (κ1) is 13.6. The number of nitrogens with two attached hydrogens (primary N) is 1. The fraction of sp³-hybridized carbons (Fsp3) is 0.733. The molecule has 1 aliphatic rings. The molecule has 1 aromatic heterocycles. The molecule has 102 valence electrons. The van der Waals surface area contributed by atoms with Crippen LogP contribution in [0.1, 0.15) is 45.3 Å². The van der Waals surface area contributed by atoms with E-state index in [1.54, 1.807) is 6.26 Å². The summed E-state index contributed by atoms with van der Waals surface area (Å²) in [6, 6.07) is 4.78. The van der Waals surface area contributed by atoms with Crippen molar-refractivity contribution in [2.75, 3.05) is 13.1 Å². The Bertz CT molecular complexity index is 345. The van der Waals surface area contributed by atoms with Gasteiger partial charge in [0.1, 0.15) is 5.76 Å². The minimum absolute atomic E-state index is 0.240. The van der Waals surface area contributed by atoms with Gasteiger partial charge in [0.2, 0.25) is 0 Å². The summed E-state index contributed by atoms with van der Waals surface area (Å²) < 4.78 is 5.48. The summed E-state index contributed by atoms with van der Waals surface area (Å²) in [6.07, 6.45) is 6.81. The van der Waals surface area contributed by atoms with Gasteiger partial charge in [-0.15, -0.1) is 0 Å². The lowest BCUT2D eigenvalue weighted by atomic mass is 9.85. The van der Waals surface area contributed by atoms with E-state index in [0.717, 1.165) is 31.4 Å². The smallest absolute Gasteiger partial charge is 0.117 e.